The summed E-state index contributed by atoms with van der Waals surface area (Å²) in [4.78, 5) is 24.8. The maximum Gasteiger partial charge on any atom is 0.308 e. The minimum Gasteiger partial charge on any atom is -0.465 e. The second-order valence-electron chi connectivity index (χ2n) is 4.69. The minimum absolute atomic E-state index is 0.0699. The van der Waals surface area contributed by atoms with E-state index < -0.39 is 0 Å². The first-order valence-corrected chi connectivity index (χ1v) is 6.88. The van der Waals surface area contributed by atoms with Crippen LogP contribution in [0.25, 0.3) is 0 Å². The summed E-state index contributed by atoms with van der Waals surface area (Å²) in [5.74, 6) is -0.220. The number of hydrogen-bond donors (Lipinski definition) is 1. The highest BCUT2D eigenvalue weighted by atomic mass is 32.1. The quantitative estimate of drug-likeness (QED) is 0.474. The van der Waals surface area contributed by atoms with Crippen molar-refractivity contribution in [2.75, 3.05) is 6.61 Å². The van der Waals surface area contributed by atoms with Crippen molar-refractivity contribution < 1.29 is 9.53 Å². The smallest absolute Gasteiger partial charge is 0.308 e. The first-order valence-electron chi connectivity index (χ1n) is 6.47. The largest absolute Gasteiger partial charge is 0.465 e. The van der Waals surface area contributed by atoms with Gasteiger partial charge < -0.3 is 9.30 Å². The third kappa shape index (κ3) is 5.83. The maximum absolute atomic E-state index is 11.2. The van der Waals surface area contributed by atoms with Crippen LogP contribution in [-0.4, -0.2) is 22.1 Å². The summed E-state index contributed by atoms with van der Waals surface area (Å²) >= 11 is 5.04. The number of unbranched alkanes of at least 4 members (excludes halogenated alkanes) is 2. The zero-order valence-electron chi connectivity index (χ0n) is 11.3. The second kappa shape index (κ2) is 7.89. The van der Waals surface area contributed by atoms with Gasteiger partial charge in [0.15, 0.2) is 4.77 Å². The molecular formula is C13H20N2O3S. The zero-order valence-corrected chi connectivity index (χ0v) is 12.2. The predicted octanol–water partition coefficient (Wildman–Crippen LogP) is 2.28. The highest BCUT2D eigenvalue weighted by Crippen LogP contribution is 2.02. The van der Waals surface area contributed by atoms with Gasteiger partial charge in [-0.15, -0.1) is 0 Å². The maximum atomic E-state index is 11.2. The van der Waals surface area contributed by atoms with Crippen LogP contribution in [0, 0.1) is 10.7 Å². The lowest BCUT2D eigenvalue weighted by Crippen LogP contribution is -2.13. The fraction of sp³-hybridized carbons (Fsp3) is 0.615. The molecule has 1 N–H and O–H groups in total. The lowest BCUT2D eigenvalue weighted by atomic mass is 10.2. The molecule has 6 heteroatoms. The van der Waals surface area contributed by atoms with E-state index >= 15 is 0 Å². The first-order chi connectivity index (χ1) is 9.00. The van der Waals surface area contributed by atoms with Crippen LogP contribution in [0.1, 0.15) is 33.1 Å². The van der Waals surface area contributed by atoms with E-state index in [-0.39, 0.29) is 17.4 Å². The van der Waals surface area contributed by atoms with Crippen LogP contribution < -0.4 is 5.56 Å². The van der Waals surface area contributed by atoms with Crippen LogP contribution in [0.2, 0.25) is 0 Å². The van der Waals surface area contributed by atoms with E-state index in [4.69, 9.17) is 17.0 Å². The molecule has 1 aromatic rings. The Morgan fingerprint density at radius 1 is 1.42 bits per heavy atom. The Morgan fingerprint density at radius 3 is 2.79 bits per heavy atom. The molecule has 0 saturated heterocycles. The van der Waals surface area contributed by atoms with Gasteiger partial charge in [-0.3, -0.25) is 14.6 Å². The second-order valence-corrected chi connectivity index (χ2v) is 5.07. The summed E-state index contributed by atoms with van der Waals surface area (Å²) in [6.45, 7) is 4.86. The third-order valence-electron chi connectivity index (χ3n) is 2.66. The van der Waals surface area contributed by atoms with Crippen LogP contribution >= 0.6 is 12.2 Å². The SMILES string of the molecule is CC(C)C(=O)OCCCCCn1ccc(=O)[nH]c1=S. The minimum atomic E-state index is -0.179. The average molecular weight is 284 g/mol. The summed E-state index contributed by atoms with van der Waals surface area (Å²) in [6.07, 6.45) is 4.42. The molecule has 0 saturated carbocycles. The molecule has 0 fully saturated rings. The van der Waals surface area contributed by atoms with Crippen LogP contribution in [0.15, 0.2) is 17.1 Å². The molecule has 0 aromatic carbocycles. The first kappa shape index (κ1) is 15.6. The third-order valence-corrected chi connectivity index (χ3v) is 2.99. The molecule has 0 bridgehead atoms. The van der Waals surface area contributed by atoms with Gasteiger partial charge in [0.05, 0.1) is 12.5 Å². The predicted molar refractivity (Wildman–Crippen MR) is 75.5 cm³/mol. The van der Waals surface area contributed by atoms with E-state index in [0.717, 1.165) is 25.8 Å². The number of carbonyl (C=O) groups is 1. The van der Waals surface area contributed by atoms with Gasteiger partial charge in [0.2, 0.25) is 0 Å². The summed E-state index contributed by atoms with van der Waals surface area (Å²) in [5, 5.41) is 0. The molecule has 0 aliphatic rings. The number of aromatic amines is 1. The number of hydrogen-bond acceptors (Lipinski definition) is 4. The summed E-state index contributed by atoms with van der Waals surface area (Å²) in [5.41, 5.74) is -0.179. The van der Waals surface area contributed by atoms with Crippen molar-refractivity contribution in [3.63, 3.8) is 0 Å². The zero-order chi connectivity index (χ0) is 14.3. The number of nitrogens with one attached hydrogen (secondary N) is 1. The fourth-order valence-electron chi connectivity index (χ4n) is 1.52. The number of ether oxygens (including phenoxy) is 1. The van der Waals surface area contributed by atoms with Crippen LogP contribution in [0.3, 0.4) is 0 Å². The van der Waals surface area contributed by atoms with Crippen LogP contribution in [0.4, 0.5) is 0 Å². The molecule has 0 spiro atoms. The van der Waals surface area contributed by atoms with Crippen molar-refractivity contribution in [3.05, 3.63) is 27.4 Å². The number of aromatic nitrogens is 2. The van der Waals surface area contributed by atoms with Crippen molar-refractivity contribution >= 4 is 18.2 Å². The molecule has 0 amide bonds. The summed E-state index contributed by atoms with van der Waals surface area (Å²) in [7, 11) is 0. The van der Waals surface area contributed by atoms with Gasteiger partial charge in [-0.2, -0.15) is 0 Å². The van der Waals surface area contributed by atoms with Gasteiger partial charge in [-0.05, 0) is 31.5 Å². The van der Waals surface area contributed by atoms with E-state index in [0.29, 0.717) is 11.4 Å². The summed E-state index contributed by atoms with van der Waals surface area (Å²) < 4.78 is 7.35. The number of rotatable bonds is 7. The van der Waals surface area contributed by atoms with Gasteiger partial charge in [-0.25, -0.2) is 0 Å². The van der Waals surface area contributed by atoms with Gasteiger partial charge in [0.1, 0.15) is 0 Å². The number of carbonyl (C=O) groups excluding carboxylic acids is 1. The molecule has 1 aromatic heterocycles. The Labute approximate surface area is 117 Å². The normalized spacial score (nSPS) is 10.7. The molecule has 0 unspecified atom stereocenters. The average Bonchev–Trinajstić information content (AvgIpc) is 2.35. The highest BCUT2D eigenvalue weighted by molar-refractivity contribution is 7.71. The van der Waals surface area contributed by atoms with Crippen LogP contribution in [-0.2, 0) is 16.1 Å². The molecular weight excluding hydrogens is 264 g/mol. The number of esters is 1. The van der Waals surface area contributed by atoms with Crippen molar-refractivity contribution in [3.8, 4) is 0 Å². The molecule has 5 nitrogen and oxygen atoms in total. The number of nitrogens with zero attached hydrogens (tertiary/aromatic N) is 1. The van der Waals surface area contributed by atoms with E-state index in [9.17, 15) is 9.59 Å². The molecule has 1 heterocycles. The highest BCUT2D eigenvalue weighted by Gasteiger charge is 2.06. The van der Waals surface area contributed by atoms with E-state index in [1.54, 1.807) is 6.20 Å². The molecule has 1 rings (SSSR count). The van der Waals surface area contributed by atoms with Gasteiger partial charge >= 0.3 is 5.97 Å². The van der Waals surface area contributed by atoms with E-state index in [1.807, 2.05) is 18.4 Å². The molecule has 0 aliphatic carbocycles. The standard InChI is InChI=1S/C13H20N2O3S/c1-10(2)12(17)18-9-5-3-4-7-15-8-6-11(16)14-13(15)19/h6,8,10H,3-5,7,9H2,1-2H3,(H,14,16,19). The van der Waals surface area contributed by atoms with Crippen LogP contribution in [0.5, 0.6) is 0 Å². The van der Waals surface area contributed by atoms with E-state index in [1.165, 1.54) is 6.07 Å². The van der Waals surface area contributed by atoms with Crippen molar-refractivity contribution in [2.24, 2.45) is 5.92 Å². The topological polar surface area (TPSA) is 64.1 Å². The van der Waals surface area contributed by atoms with Gasteiger partial charge in [0, 0.05) is 18.8 Å². The Morgan fingerprint density at radius 2 is 2.16 bits per heavy atom. The Kier molecular flexibility index (Phi) is 6.49. The molecule has 19 heavy (non-hydrogen) atoms. The number of H-pyrrole nitrogens is 1. The molecule has 0 aliphatic heterocycles. The lowest BCUT2D eigenvalue weighted by molar-refractivity contribution is -0.147. The molecule has 106 valence electrons. The molecule has 0 radical (unpaired) electrons. The Hall–Kier alpha value is -1.43. The summed E-state index contributed by atoms with van der Waals surface area (Å²) in [6, 6.07) is 1.46. The van der Waals surface area contributed by atoms with Gasteiger partial charge in [-0.1, -0.05) is 13.8 Å². The Balaban J connectivity index is 2.19. The van der Waals surface area contributed by atoms with E-state index in [2.05, 4.69) is 4.98 Å². The Bertz CT molecular complexity index is 519. The molecule has 0 atom stereocenters. The van der Waals surface area contributed by atoms with Crippen molar-refractivity contribution in [1.82, 2.24) is 9.55 Å². The van der Waals surface area contributed by atoms with Gasteiger partial charge in [0.25, 0.3) is 5.56 Å². The fourth-order valence-corrected chi connectivity index (χ4v) is 1.77. The van der Waals surface area contributed by atoms with Crippen molar-refractivity contribution in [1.29, 1.82) is 0 Å². The number of aryl methyl sites for hydroxylation is 1. The monoisotopic (exact) mass is 284 g/mol. The lowest BCUT2D eigenvalue weighted by Gasteiger charge is -2.08. The van der Waals surface area contributed by atoms with Crippen molar-refractivity contribution in [2.45, 2.75) is 39.7 Å².